The first kappa shape index (κ1) is 26.8. The van der Waals surface area contributed by atoms with Crippen LogP contribution in [-0.2, 0) is 6.54 Å². The number of H-pyrrole nitrogens is 1. The van der Waals surface area contributed by atoms with Crippen LogP contribution >= 0.6 is 0 Å². The van der Waals surface area contributed by atoms with Crippen molar-refractivity contribution in [2.45, 2.75) is 39.2 Å². The number of rotatable bonds is 7. The molecule has 0 unspecified atom stereocenters. The highest BCUT2D eigenvalue weighted by Gasteiger charge is 2.30. The van der Waals surface area contributed by atoms with Gasteiger partial charge < -0.3 is 9.88 Å². The molecule has 1 saturated carbocycles. The summed E-state index contributed by atoms with van der Waals surface area (Å²) in [6.45, 7) is 8.25. The van der Waals surface area contributed by atoms with Gasteiger partial charge in [-0.2, -0.15) is 5.10 Å². The predicted octanol–water partition coefficient (Wildman–Crippen LogP) is 6.17. The number of aromatic amines is 1. The summed E-state index contributed by atoms with van der Waals surface area (Å²) in [5, 5.41) is 8.05. The van der Waals surface area contributed by atoms with Crippen molar-refractivity contribution in [2.75, 3.05) is 38.1 Å². The van der Waals surface area contributed by atoms with E-state index in [-0.39, 0.29) is 6.54 Å². The lowest BCUT2D eigenvalue weighted by Gasteiger charge is -2.35. The molecule has 0 bridgehead atoms. The second-order valence-corrected chi connectivity index (χ2v) is 11.5. The highest BCUT2D eigenvalue weighted by Crippen LogP contribution is 2.45. The number of benzene rings is 2. The van der Waals surface area contributed by atoms with Gasteiger partial charge in [0.05, 0.1) is 17.9 Å². The molecule has 0 amide bonds. The second-order valence-electron chi connectivity index (χ2n) is 11.5. The molecule has 3 aromatic heterocycles. The monoisotopic (exact) mass is 567 g/mol. The molecule has 0 spiro atoms. The summed E-state index contributed by atoms with van der Waals surface area (Å²) in [4.78, 5) is 11.0. The van der Waals surface area contributed by atoms with Crippen molar-refractivity contribution in [3.05, 3.63) is 89.0 Å². The topological polar surface area (TPSA) is 65.0 Å². The Labute approximate surface area is 244 Å². The number of aromatic nitrogens is 4. The lowest BCUT2D eigenvalue weighted by atomic mass is 9.97. The first-order valence-electron chi connectivity index (χ1n) is 14.7. The molecule has 4 heterocycles. The molecule has 2 N–H and O–H groups in total. The van der Waals surface area contributed by atoms with Crippen LogP contribution in [-0.4, -0.2) is 58.0 Å². The van der Waals surface area contributed by atoms with Crippen LogP contribution in [0, 0.1) is 25.5 Å². The Bertz CT molecular complexity index is 1740. The number of piperazine rings is 1. The average Bonchev–Trinajstić information content (AvgIpc) is 3.70. The molecule has 42 heavy (non-hydrogen) atoms. The number of nitrogens with one attached hydrogen (secondary N) is 2. The molecular formula is C33H35F2N7. The third kappa shape index (κ3) is 4.97. The third-order valence-electron chi connectivity index (χ3n) is 8.70. The van der Waals surface area contributed by atoms with E-state index in [2.05, 4.69) is 50.7 Å². The van der Waals surface area contributed by atoms with Crippen LogP contribution < -0.4 is 10.3 Å². The van der Waals surface area contributed by atoms with Crippen LogP contribution in [0.3, 0.4) is 0 Å². The Morgan fingerprint density at radius 2 is 1.64 bits per heavy atom. The van der Waals surface area contributed by atoms with E-state index in [1.807, 2.05) is 31.8 Å². The van der Waals surface area contributed by atoms with E-state index in [9.17, 15) is 8.78 Å². The van der Waals surface area contributed by atoms with Crippen LogP contribution in [0.1, 0.15) is 41.4 Å². The number of nitrogens with zero attached hydrogens (tertiary/aromatic N) is 5. The molecular weight excluding hydrogens is 532 g/mol. The van der Waals surface area contributed by atoms with Gasteiger partial charge in [-0.05, 0) is 75.2 Å². The summed E-state index contributed by atoms with van der Waals surface area (Å²) >= 11 is 0. The molecule has 2 aliphatic rings. The van der Waals surface area contributed by atoms with Gasteiger partial charge in [-0.15, -0.1) is 0 Å². The van der Waals surface area contributed by atoms with E-state index in [0.717, 1.165) is 71.5 Å². The Morgan fingerprint density at radius 1 is 0.929 bits per heavy atom. The fourth-order valence-electron chi connectivity index (χ4n) is 6.32. The maximum absolute atomic E-state index is 13.8. The van der Waals surface area contributed by atoms with Crippen molar-refractivity contribution >= 4 is 16.7 Å². The molecule has 0 atom stereocenters. The molecule has 1 saturated heterocycles. The highest BCUT2D eigenvalue weighted by atomic mass is 19.1. The summed E-state index contributed by atoms with van der Waals surface area (Å²) in [5.41, 5.74) is 13.3. The molecule has 7 rings (SSSR count). The molecule has 9 heteroatoms. The Balaban J connectivity index is 1.24. The quantitative estimate of drug-likeness (QED) is 0.246. The molecule has 216 valence electrons. The fourth-order valence-corrected chi connectivity index (χ4v) is 6.32. The minimum Gasteiger partial charge on any atom is -0.369 e. The fraction of sp³-hybridized carbons (Fsp3) is 0.333. The van der Waals surface area contributed by atoms with Gasteiger partial charge in [0.15, 0.2) is 0 Å². The van der Waals surface area contributed by atoms with Crippen LogP contribution in [0.25, 0.3) is 33.3 Å². The molecule has 2 aromatic carbocycles. The summed E-state index contributed by atoms with van der Waals surface area (Å²) in [5.74, 6) is -0.681. The number of hydrogen-bond acceptors (Lipinski definition) is 5. The van der Waals surface area contributed by atoms with Crippen LogP contribution in [0.4, 0.5) is 14.5 Å². The number of anilines is 1. The van der Waals surface area contributed by atoms with Gasteiger partial charge in [0.25, 0.3) is 0 Å². The molecule has 5 aromatic rings. The zero-order valence-electron chi connectivity index (χ0n) is 24.2. The summed E-state index contributed by atoms with van der Waals surface area (Å²) in [6.07, 6.45) is 4.34. The van der Waals surface area contributed by atoms with E-state index < -0.39 is 11.6 Å². The maximum atomic E-state index is 13.8. The number of hydrazine groups is 1. The Morgan fingerprint density at radius 3 is 2.31 bits per heavy atom. The van der Waals surface area contributed by atoms with Gasteiger partial charge in [0.2, 0.25) is 0 Å². The van der Waals surface area contributed by atoms with Crippen molar-refractivity contribution in [1.29, 1.82) is 0 Å². The Kier molecular flexibility index (Phi) is 6.79. The van der Waals surface area contributed by atoms with Gasteiger partial charge >= 0.3 is 0 Å². The first-order valence-corrected chi connectivity index (χ1v) is 14.7. The third-order valence-corrected chi connectivity index (χ3v) is 8.70. The van der Waals surface area contributed by atoms with E-state index in [1.165, 1.54) is 41.8 Å². The van der Waals surface area contributed by atoms with Crippen LogP contribution in [0.2, 0.25) is 0 Å². The van der Waals surface area contributed by atoms with Crippen molar-refractivity contribution in [3.8, 4) is 22.3 Å². The number of fused-ring (bicyclic) bond motifs is 1. The largest absolute Gasteiger partial charge is 0.369 e. The molecule has 2 fully saturated rings. The first-order chi connectivity index (χ1) is 20.4. The van der Waals surface area contributed by atoms with Crippen LogP contribution in [0.15, 0.2) is 54.7 Å². The molecule has 1 aliphatic heterocycles. The van der Waals surface area contributed by atoms with Gasteiger partial charge in [0.1, 0.15) is 17.3 Å². The number of aryl methyl sites for hydroxylation is 1. The summed E-state index contributed by atoms with van der Waals surface area (Å²) in [6, 6.07) is 14.8. The van der Waals surface area contributed by atoms with Crippen molar-refractivity contribution in [1.82, 2.24) is 30.2 Å². The van der Waals surface area contributed by atoms with Crippen molar-refractivity contribution in [3.63, 3.8) is 0 Å². The van der Waals surface area contributed by atoms with Gasteiger partial charge in [-0.25, -0.2) is 18.8 Å². The minimum atomic E-state index is -0.585. The number of halogens is 2. The zero-order valence-corrected chi connectivity index (χ0v) is 24.2. The predicted molar refractivity (Wildman–Crippen MR) is 163 cm³/mol. The van der Waals surface area contributed by atoms with E-state index in [0.29, 0.717) is 11.5 Å². The smallest absolute Gasteiger partial charge is 0.138 e. The average molecular weight is 568 g/mol. The van der Waals surface area contributed by atoms with Crippen molar-refractivity contribution < 1.29 is 8.78 Å². The van der Waals surface area contributed by atoms with E-state index in [1.54, 1.807) is 0 Å². The second kappa shape index (κ2) is 10.6. The summed E-state index contributed by atoms with van der Waals surface area (Å²) in [7, 11) is 1.98. The van der Waals surface area contributed by atoms with Crippen LogP contribution in [0.5, 0.6) is 0 Å². The lowest BCUT2D eigenvalue weighted by molar-refractivity contribution is 0.195. The van der Waals surface area contributed by atoms with Crippen molar-refractivity contribution in [2.24, 2.45) is 0 Å². The van der Waals surface area contributed by atoms with E-state index >= 15 is 0 Å². The number of pyridine rings is 1. The summed E-state index contributed by atoms with van der Waals surface area (Å²) < 4.78 is 29.5. The maximum Gasteiger partial charge on any atom is 0.138 e. The zero-order chi connectivity index (χ0) is 29.0. The lowest BCUT2D eigenvalue weighted by Crippen LogP contribution is -2.50. The normalized spacial score (nSPS) is 16.1. The molecule has 0 radical (unpaired) electrons. The molecule has 1 aliphatic carbocycles. The SMILES string of the molecule is CNN1CCN(c2ccc(-c3cc4c(-c5c(C)nn(Cc6cc(F)cc(F)c6)c5C)c[nH]c4nc3C3CC3)cc2)CC1. The highest BCUT2D eigenvalue weighted by molar-refractivity contribution is 5.97. The van der Waals surface area contributed by atoms with Gasteiger partial charge in [-0.3, -0.25) is 10.1 Å². The Hall–Kier alpha value is -4.08. The van der Waals surface area contributed by atoms with Gasteiger partial charge in [0, 0.05) is 77.8 Å². The minimum absolute atomic E-state index is 0.287. The standard InChI is InChI=1S/C33H35F2N7/c1-20-31(21(2)42(39-20)19-22-14-25(34)16-26(35)15-22)30-18-37-33-29(30)17-28(32(38-33)24-4-5-24)23-6-8-27(9-7-23)40-10-12-41(36-3)13-11-40/h6-9,14-18,24,36H,4-5,10-13,19H2,1-3H3,(H,37,38). The molecule has 7 nitrogen and oxygen atoms in total. The van der Waals surface area contributed by atoms with E-state index in [4.69, 9.17) is 10.1 Å². The van der Waals surface area contributed by atoms with Gasteiger partial charge in [-0.1, -0.05) is 12.1 Å². The number of hydrogen-bond donors (Lipinski definition) is 2.